The van der Waals surface area contributed by atoms with Crippen LogP contribution in [0.5, 0.6) is 0 Å². The van der Waals surface area contributed by atoms with Crippen LogP contribution in [0.2, 0.25) is 0 Å². The third kappa shape index (κ3) is 7.46. The van der Waals surface area contributed by atoms with E-state index in [2.05, 4.69) is 241 Å². The predicted molar refractivity (Wildman–Crippen MR) is 268 cm³/mol. The van der Waals surface area contributed by atoms with E-state index >= 15 is 0 Å². The van der Waals surface area contributed by atoms with Gasteiger partial charge in [0.2, 0.25) is 0 Å². The van der Waals surface area contributed by atoms with E-state index in [0.29, 0.717) is 11.8 Å². The van der Waals surface area contributed by atoms with Crippen molar-refractivity contribution in [3.8, 4) is 0 Å². The summed E-state index contributed by atoms with van der Waals surface area (Å²) in [4.78, 5) is 4.01. The summed E-state index contributed by atoms with van der Waals surface area (Å²) >= 11 is 0. The van der Waals surface area contributed by atoms with Gasteiger partial charge in [0.25, 0.3) is 0 Å². The van der Waals surface area contributed by atoms with Crippen LogP contribution < -0.4 is 31.8 Å². The van der Waals surface area contributed by atoms with Gasteiger partial charge < -0.3 is 4.98 Å². The lowest BCUT2D eigenvalue weighted by Crippen LogP contribution is -2.28. The molecule has 1 heterocycles. The van der Waals surface area contributed by atoms with Crippen molar-refractivity contribution in [2.75, 3.05) is 0 Å². The molecule has 0 saturated heterocycles. The number of H-pyrrole nitrogens is 1. The monoisotopic (exact) mass is 829 g/mol. The van der Waals surface area contributed by atoms with Gasteiger partial charge >= 0.3 is 0 Å². The molecule has 8 aromatic carbocycles. The average molecular weight is 830 g/mol. The summed E-state index contributed by atoms with van der Waals surface area (Å²) in [5, 5.41) is 9.76. The number of aryl methyl sites for hydroxylation is 2. The molecule has 0 amide bonds. The molecule has 61 heavy (non-hydrogen) atoms. The Morgan fingerprint density at radius 3 is 0.951 bits per heavy atom. The zero-order valence-electron chi connectivity index (χ0n) is 35.9. The Balaban J connectivity index is 1.51. The smallest absolute Gasteiger partial charge is 0.0625 e. The fraction of sp³-hybridized carbons (Fsp3) is 0.143. The Morgan fingerprint density at radius 2 is 0.672 bits per heavy atom. The molecule has 0 spiro atoms. The summed E-state index contributed by atoms with van der Waals surface area (Å²) in [6.07, 6.45) is 0. The van der Waals surface area contributed by atoms with Crippen molar-refractivity contribution in [1.29, 1.82) is 0 Å². The predicted octanol–water partition coefficient (Wildman–Crippen LogP) is 13.8. The second-order valence-electron chi connectivity index (χ2n) is 16.8. The second kappa shape index (κ2) is 16.8. The minimum atomic E-state index is -2.78. The molecule has 0 radical (unpaired) electrons. The molecule has 5 heteroatoms. The molecule has 1 aromatic heterocycles. The Morgan fingerprint density at radius 1 is 0.377 bits per heavy atom. The summed E-state index contributed by atoms with van der Waals surface area (Å²) in [7, 11) is -5.56. The van der Waals surface area contributed by atoms with Crippen LogP contribution in [0.4, 0.5) is 11.4 Å². The van der Waals surface area contributed by atoms with Crippen molar-refractivity contribution in [2.45, 2.75) is 53.4 Å². The number of aromatic amines is 1. The number of fused-ring (bicyclic) bond motifs is 3. The molecule has 9 aromatic rings. The highest BCUT2D eigenvalue weighted by Gasteiger charge is 2.35. The van der Waals surface area contributed by atoms with Crippen molar-refractivity contribution in [2.24, 2.45) is 9.49 Å². The van der Waals surface area contributed by atoms with E-state index in [4.69, 9.17) is 9.49 Å². The summed E-state index contributed by atoms with van der Waals surface area (Å²) in [6, 6.07) is 71.6. The van der Waals surface area contributed by atoms with E-state index in [1.807, 2.05) is 0 Å². The molecule has 0 saturated carbocycles. The summed E-state index contributed by atoms with van der Waals surface area (Å²) in [5.74, 6) is 0.857. The van der Waals surface area contributed by atoms with Gasteiger partial charge in [0.05, 0.1) is 25.5 Å². The Bertz CT molecular complexity index is 2780. The van der Waals surface area contributed by atoms with Crippen LogP contribution in [0.15, 0.2) is 204 Å². The lowest BCUT2D eigenvalue weighted by atomic mass is 10.0. The summed E-state index contributed by atoms with van der Waals surface area (Å²) < 4.78 is 12.2. The molecular formula is C56H53N3P2. The normalized spacial score (nSPS) is 12.1. The minimum Gasteiger partial charge on any atom is -0.354 e. The van der Waals surface area contributed by atoms with Gasteiger partial charge in [-0.25, -0.2) is 0 Å². The quantitative estimate of drug-likeness (QED) is 0.133. The van der Waals surface area contributed by atoms with Crippen molar-refractivity contribution in [1.82, 2.24) is 4.98 Å². The Hall–Kier alpha value is -5.98. The number of benzene rings is 8. The van der Waals surface area contributed by atoms with Crippen LogP contribution in [0.1, 0.15) is 61.8 Å². The second-order valence-corrected chi connectivity index (χ2v) is 22.8. The van der Waals surface area contributed by atoms with Crippen LogP contribution in [-0.4, -0.2) is 4.98 Å². The maximum absolute atomic E-state index is 6.08. The van der Waals surface area contributed by atoms with Gasteiger partial charge in [-0.2, -0.15) is 0 Å². The maximum Gasteiger partial charge on any atom is 0.0625 e. The molecule has 302 valence electrons. The van der Waals surface area contributed by atoms with Crippen LogP contribution in [-0.2, 0) is 0 Å². The van der Waals surface area contributed by atoms with Gasteiger partial charge in [-0.05, 0) is 96.5 Å². The molecule has 9 rings (SSSR count). The first-order valence-corrected chi connectivity index (χ1v) is 24.9. The lowest BCUT2D eigenvalue weighted by Gasteiger charge is -2.30. The zero-order chi connectivity index (χ0) is 42.1. The Labute approximate surface area is 361 Å². The number of nitrogens with zero attached hydrogens (tertiary/aromatic N) is 2. The molecule has 0 bridgehead atoms. The van der Waals surface area contributed by atoms with E-state index in [9.17, 15) is 0 Å². The highest BCUT2D eigenvalue weighted by atomic mass is 31.2. The summed E-state index contributed by atoms with van der Waals surface area (Å²) in [5.41, 5.74) is 9.17. The number of rotatable bonds is 10. The van der Waals surface area contributed by atoms with Gasteiger partial charge in [0, 0.05) is 53.6 Å². The third-order valence-corrected chi connectivity index (χ3v) is 19.3. The molecular weight excluding hydrogens is 777 g/mol. The van der Waals surface area contributed by atoms with Crippen molar-refractivity contribution >= 4 is 79.1 Å². The molecule has 1 N–H and O–H groups in total. The molecule has 0 aliphatic carbocycles. The van der Waals surface area contributed by atoms with Crippen LogP contribution >= 0.6 is 14.1 Å². The fourth-order valence-electron chi connectivity index (χ4n) is 8.88. The van der Waals surface area contributed by atoms with Crippen molar-refractivity contribution in [3.05, 3.63) is 216 Å². The maximum atomic E-state index is 6.08. The number of aromatic nitrogens is 1. The third-order valence-electron chi connectivity index (χ3n) is 11.9. The minimum absolute atomic E-state index is 0.428. The zero-order valence-corrected chi connectivity index (χ0v) is 37.7. The van der Waals surface area contributed by atoms with Crippen LogP contribution in [0, 0.1) is 13.8 Å². The SMILES string of the molecule is Cc1cc(P(=Nc2ccc(C(C)C)cc2)(c2ccccc2)c2ccccc2)c2c(c1)[nH]c1cc(C)cc(P(=Nc3ccc(C(C)C)cc3)(c3ccccc3)c3ccccc3)c12. The standard InChI is InChI=1S/C56H53N3P2/c1-39(2)43-27-31-45(32-28-43)58-60(47-19-11-7-12-20-47,48-21-13-8-14-22-48)53-37-41(5)35-51-55(53)56-52(57-51)36-42(6)38-54(56)61(49-23-15-9-16-24-49,50-25-17-10-18-26-50)59-46-33-29-44(30-34-46)40(3)4/h7-40,57H,1-6H3. The molecule has 0 aliphatic heterocycles. The molecule has 3 nitrogen and oxygen atoms in total. The number of nitrogens with one attached hydrogen (secondary N) is 1. The topological polar surface area (TPSA) is 40.5 Å². The van der Waals surface area contributed by atoms with Gasteiger partial charge in [-0.3, -0.25) is 9.49 Å². The lowest BCUT2D eigenvalue weighted by molar-refractivity contribution is 0.867. The first-order chi connectivity index (χ1) is 29.7. The first-order valence-electron chi connectivity index (χ1n) is 21.4. The summed E-state index contributed by atoms with van der Waals surface area (Å²) in [6.45, 7) is 13.4. The first kappa shape index (κ1) is 40.4. The van der Waals surface area contributed by atoms with Crippen LogP contribution in [0.3, 0.4) is 0 Å². The fourth-order valence-corrected chi connectivity index (χ4v) is 16.5. The van der Waals surface area contributed by atoms with Gasteiger partial charge in [0.15, 0.2) is 0 Å². The molecule has 0 atom stereocenters. The van der Waals surface area contributed by atoms with Crippen molar-refractivity contribution < 1.29 is 0 Å². The van der Waals surface area contributed by atoms with E-state index in [1.165, 1.54) is 64.9 Å². The largest absolute Gasteiger partial charge is 0.354 e. The highest BCUT2D eigenvalue weighted by molar-refractivity contribution is 7.88. The molecule has 0 unspecified atom stereocenters. The van der Waals surface area contributed by atoms with Crippen molar-refractivity contribution in [3.63, 3.8) is 0 Å². The van der Waals surface area contributed by atoms with Gasteiger partial charge in [-0.1, -0.05) is 173 Å². The van der Waals surface area contributed by atoms with Gasteiger partial charge in [-0.15, -0.1) is 0 Å². The van der Waals surface area contributed by atoms with E-state index in [0.717, 1.165) is 22.4 Å². The van der Waals surface area contributed by atoms with E-state index in [-0.39, 0.29) is 0 Å². The average Bonchev–Trinajstić information content (AvgIpc) is 3.66. The van der Waals surface area contributed by atoms with Crippen LogP contribution in [0.25, 0.3) is 21.8 Å². The van der Waals surface area contributed by atoms with Gasteiger partial charge in [0.1, 0.15) is 0 Å². The molecule has 0 fully saturated rings. The number of hydrogen-bond donors (Lipinski definition) is 1. The molecule has 0 aliphatic rings. The highest BCUT2D eigenvalue weighted by Crippen LogP contribution is 2.55. The number of hydrogen-bond acceptors (Lipinski definition) is 2. The Kier molecular flexibility index (Phi) is 11.1. The van der Waals surface area contributed by atoms with E-state index in [1.54, 1.807) is 0 Å². The van der Waals surface area contributed by atoms with E-state index < -0.39 is 14.1 Å².